The van der Waals surface area contributed by atoms with Crippen molar-refractivity contribution < 1.29 is 0 Å². The molecule has 6 atom stereocenters. The second-order valence-electron chi connectivity index (χ2n) is 3.67. The van der Waals surface area contributed by atoms with Crippen molar-refractivity contribution in [2.45, 2.75) is 24.9 Å². The lowest BCUT2D eigenvalue weighted by Crippen LogP contribution is -2.04. The molecule has 0 amide bonds. The lowest BCUT2D eigenvalue weighted by molar-refractivity contribution is 0.762. The van der Waals surface area contributed by atoms with E-state index < -0.39 is 0 Å². The maximum Gasteiger partial charge on any atom is 0.0305 e. The quantitative estimate of drug-likeness (QED) is 0.738. The molecule has 4 unspecified atom stereocenters. The van der Waals surface area contributed by atoms with Gasteiger partial charge < -0.3 is 0 Å². The zero-order chi connectivity index (χ0) is 10.1. The zero-order valence-electron chi connectivity index (χ0n) is 8.14. The largest absolute Gasteiger partial charge is 0.264 e. The Hall–Kier alpha value is 0.870. The second-order valence-corrected chi connectivity index (χ2v) is 13.3. The average Bonchev–Trinajstić information content (AvgIpc) is 2.56. The summed E-state index contributed by atoms with van der Waals surface area (Å²) >= 11 is 0. The van der Waals surface area contributed by atoms with Gasteiger partial charge in [0.1, 0.15) is 0 Å². The van der Waals surface area contributed by atoms with E-state index in [1.807, 2.05) is 6.20 Å². The standard InChI is InChI=1S/C9H15NP4/c1-6-8-5-10-3-2-7(8)4-9(6)14(12)13-11/h2-3,5-6,9,13H,4,11-12H2,1H3/t6-,9+,14?/m0/s1. The molecule has 0 fully saturated rings. The third-order valence-electron chi connectivity index (χ3n) is 2.95. The maximum absolute atomic E-state index is 4.22. The summed E-state index contributed by atoms with van der Waals surface area (Å²) in [6.45, 7) is 2.35. The molecule has 0 saturated carbocycles. The first-order valence-electron chi connectivity index (χ1n) is 4.67. The molecule has 0 saturated heterocycles. The van der Waals surface area contributed by atoms with Crippen molar-refractivity contribution in [3.8, 4) is 0 Å². The molecule has 1 aromatic rings. The predicted octanol–water partition coefficient (Wildman–Crippen LogP) is 3.77. The summed E-state index contributed by atoms with van der Waals surface area (Å²) in [5.41, 5.74) is 3.86. The van der Waals surface area contributed by atoms with Crippen molar-refractivity contribution in [1.29, 1.82) is 0 Å². The summed E-state index contributed by atoms with van der Waals surface area (Å²) < 4.78 is 0. The summed E-state index contributed by atoms with van der Waals surface area (Å²) in [7, 11) is 7.07. The van der Waals surface area contributed by atoms with Crippen LogP contribution in [0.25, 0.3) is 0 Å². The highest BCUT2D eigenvalue weighted by molar-refractivity contribution is 8.61. The first-order chi connectivity index (χ1) is 6.74. The van der Waals surface area contributed by atoms with Crippen molar-refractivity contribution in [3.63, 3.8) is 0 Å². The van der Waals surface area contributed by atoms with Gasteiger partial charge in [-0.2, -0.15) is 0 Å². The lowest BCUT2D eigenvalue weighted by atomic mass is 10.1. The summed E-state index contributed by atoms with van der Waals surface area (Å²) in [4.78, 5) is 4.22. The molecule has 2 rings (SSSR count). The van der Waals surface area contributed by atoms with Gasteiger partial charge in [0.05, 0.1) is 0 Å². The molecule has 0 aliphatic heterocycles. The molecule has 1 heterocycles. The van der Waals surface area contributed by atoms with Gasteiger partial charge in [-0.05, 0) is 35.2 Å². The Kier molecular flexibility index (Phi) is 3.90. The Morgan fingerprint density at radius 2 is 2.43 bits per heavy atom. The van der Waals surface area contributed by atoms with Crippen LogP contribution < -0.4 is 0 Å². The number of rotatable bonds is 2. The van der Waals surface area contributed by atoms with Crippen LogP contribution in [0.3, 0.4) is 0 Å². The van der Waals surface area contributed by atoms with E-state index in [0.717, 1.165) is 13.6 Å². The molecule has 76 valence electrons. The van der Waals surface area contributed by atoms with Crippen LogP contribution in [0, 0.1) is 0 Å². The van der Waals surface area contributed by atoms with E-state index in [4.69, 9.17) is 0 Å². The van der Waals surface area contributed by atoms with Crippen LogP contribution in [-0.4, -0.2) is 10.6 Å². The molecule has 1 aromatic heterocycles. The number of aromatic nitrogens is 1. The molecule has 0 bridgehead atoms. The summed E-state index contributed by atoms with van der Waals surface area (Å²) in [5.74, 6) is 0.704. The number of nitrogens with zero attached hydrogens (tertiary/aromatic N) is 1. The Balaban J connectivity index is 2.25. The van der Waals surface area contributed by atoms with E-state index in [2.05, 4.69) is 42.0 Å². The average molecular weight is 261 g/mol. The van der Waals surface area contributed by atoms with Crippen LogP contribution in [0.2, 0.25) is 0 Å². The summed E-state index contributed by atoms with van der Waals surface area (Å²) in [5, 5.41) is 0. The van der Waals surface area contributed by atoms with Gasteiger partial charge in [-0.3, -0.25) is 4.98 Å². The normalized spacial score (nSPS) is 28.2. The van der Waals surface area contributed by atoms with Crippen molar-refractivity contribution in [2.24, 2.45) is 0 Å². The molecule has 1 aliphatic rings. The van der Waals surface area contributed by atoms with Crippen LogP contribution in [0.15, 0.2) is 18.5 Å². The van der Waals surface area contributed by atoms with Crippen molar-refractivity contribution >= 4 is 33.1 Å². The fourth-order valence-corrected chi connectivity index (χ4v) is 7.64. The first kappa shape index (κ1) is 11.4. The Morgan fingerprint density at radius 3 is 3.07 bits per heavy atom. The van der Waals surface area contributed by atoms with Crippen LogP contribution in [0.1, 0.15) is 24.0 Å². The summed E-state index contributed by atoms with van der Waals surface area (Å²) in [6, 6.07) is 2.19. The van der Waals surface area contributed by atoms with E-state index in [1.54, 1.807) is 0 Å². The highest BCUT2D eigenvalue weighted by atomic mass is 32.6. The van der Waals surface area contributed by atoms with E-state index in [-0.39, 0.29) is 7.30 Å². The molecule has 1 aliphatic carbocycles. The highest BCUT2D eigenvalue weighted by Gasteiger charge is 2.32. The number of hydrogen-bond donors (Lipinski definition) is 0. The fraction of sp³-hybridized carbons (Fsp3) is 0.444. The summed E-state index contributed by atoms with van der Waals surface area (Å²) in [6.07, 6.45) is 5.23. The molecule has 0 spiro atoms. The minimum atomic E-state index is 0.114. The van der Waals surface area contributed by atoms with Crippen LogP contribution in [-0.2, 0) is 6.42 Å². The van der Waals surface area contributed by atoms with Crippen molar-refractivity contribution in [2.75, 3.05) is 0 Å². The molecule has 14 heavy (non-hydrogen) atoms. The van der Waals surface area contributed by atoms with Crippen LogP contribution in [0.5, 0.6) is 0 Å². The first-order valence-corrected chi connectivity index (χ1v) is 11.3. The SMILES string of the molecule is C[C@H]1c2cnccc2C[C@H]1P(P)PP. The number of fused-ring (bicyclic) bond motifs is 1. The second kappa shape index (κ2) is 4.80. The third kappa shape index (κ3) is 2.03. The molecular formula is C9H15NP4. The van der Waals surface area contributed by atoms with Gasteiger partial charge in [0, 0.05) is 12.4 Å². The van der Waals surface area contributed by atoms with Gasteiger partial charge in [-0.15, -0.1) is 17.9 Å². The Labute approximate surface area is 92.9 Å². The van der Waals surface area contributed by atoms with Crippen LogP contribution in [0.4, 0.5) is 0 Å². The minimum Gasteiger partial charge on any atom is -0.264 e. The predicted molar refractivity (Wildman–Crippen MR) is 74.8 cm³/mol. The molecule has 0 aromatic carbocycles. The molecular weight excluding hydrogens is 246 g/mol. The van der Waals surface area contributed by atoms with Gasteiger partial charge in [0.25, 0.3) is 0 Å². The zero-order valence-corrected chi connectivity index (χ0v) is 12.3. The van der Waals surface area contributed by atoms with E-state index in [9.17, 15) is 0 Å². The molecule has 1 nitrogen and oxygen atoms in total. The minimum absolute atomic E-state index is 0.114. The van der Waals surface area contributed by atoms with Gasteiger partial charge in [0.15, 0.2) is 0 Å². The number of hydrogen-bond acceptors (Lipinski definition) is 1. The van der Waals surface area contributed by atoms with Crippen molar-refractivity contribution in [1.82, 2.24) is 4.98 Å². The molecule has 0 N–H and O–H groups in total. The topological polar surface area (TPSA) is 12.9 Å². The monoisotopic (exact) mass is 261 g/mol. The van der Waals surface area contributed by atoms with Crippen LogP contribution >= 0.6 is 33.1 Å². The Bertz CT molecular complexity index is 330. The Morgan fingerprint density at radius 1 is 1.64 bits per heavy atom. The van der Waals surface area contributed by atoms with E-state index in [1.165, 1.54) is 17.5 Å². The smallest absolute Gasteiger partial charge is 0.0305 e. The maximum atomic E-state index is 4.22. The lowest BCUT2D eigenvalue weighted by Gasteiger charge is -2.22. The molecule has 0 radical (unpaired) electrons. The fourth-order valence-electron chi connectivity index (χ4n) is 2.08. The van der Waals surface area contributed by atoms with E-state index in [0.29, 0.717) is 5.92 Å². The third-order valence-corrected chi connectivity index (χ3v) is 14.3. The van der Waals surface area contributed by atoms with Gasteiger partial charge in [0.2, 0.25) is 0 Å². The van der Waals surface area contributed by atoms with Crippen molar-refractivity contribution in [3.05, 3.63) is 29.6 Å². The van der Waals surface area contributed by atoms with Gasteiger partial charge >= 0.3 is 0 Å². The number of pyridine rings is 1. The van der Waals surface area contributed by atoms with Gasteiger partial charge in [-0.25, -0.2) is 0 Å². The van der Waals surface area contributed by atoms with E-state index >= 15 is 0 Å². The highest BCUT2D eigenvalue weighted by Crippen LogP contribution is 2.72. The molecule has 5 heteroatoms. The van der Waals surface area contributed by atoms with Gasteiger partial charge in [-0.1, -0.05) is 22.2 Å².